The summed E-state index contributed by atoms with van der Waals surface area (Å²) >= 11 is 0. The molecule has 0 aliphatic rings. The smallest absolute Gasteiger partial charge is 0.272 e. The maximum absolute atomic E-state index is 10.9. The molecule has 26 heavy (non-hydrogen) atoms. The van der Waals surface area contributed by atoms with Gasteiger partial charge in [-0.15, -0.1) is 5.10 Å². The number of methoxy groups -OCH3 is 1. The summed E-state index contributed by atoms with van der Waals surface area (Å²) in [4.78, 5) is 10.4. The first-order valence-electron chi connectivity index (χ1n) is 7.57. The predicted octanol–water partition coefficient (Wildman–Crippen LogP) is 2.10. The van der Waals surface area contributed by atoms with Crippen LogP contribution in [0.25, 0.3) is 0 Å². The van der Waals surface area contributed by atoms with Crippen LogP contribution in [0.2, 0.25) is 0 Å². The van der Waals surface area contributed by atoms with Crippen LogP contribution in [0.3, 0.4) is 0 Å². The van der Waals surface area contributed by atoms with Gasteiger partial charge in [0.1, 0.15) is 18.1 Å². The summed E-state index contributed by atoms with van der Waals surface area (Å²) in [6.07, 6.45) is 1.50. The fraction of sp³-hybridized carbons (Fsp3) is 0.176. The molecule has 0 atom stereocenters. The molecule has 0 saturated heterocycles. The fourth-order valence-corrected chi connectivity index (χ4v) is 2.24. The minimum absolute atomic E-state index is 0.0490. The molecule has 4 N–H and O–H groups in total. The van der Waals surface area contributed by atoms with E-state index in [-0.39, 0.29) is 18.3 Å². The predicted molar refractivity (Wildman–Crippen MR) is 98.6 cm³/mol. The number of nitro groups is 1. The Morgan fingerprint density at radius 1 is 1.27 bits per heavy atom. The molecule has 0 aliphatic heterocycles. The Balaban J connectivity index is 2.17. The van der Waals surface area contributed by atoms with Crippen molar-refractivity contribution >= 4 is 17.9 Å². The summed E-state index contributed by atoms with van der Waals surface area (Å²) < 4.78 is 11.1. The Morgan fingerprint density at radius 2 is 2.04 bits per heavy atom. The number of nitrogens with zero attached hydrogens (tertiary/aromatic N) is 3. The van der Waals surface area contributed by atoms with Crippen LogP contribution in [0.5, 0.6) is 11.5 Å². The Morgan fingerprint density at radius 3 is 2.65 bits per heavy atom. The third-order valence-electron chi connectivity index (χ3n) is 3.44. The van der Waals surface area contributed by atoms with Crippen molar-refractivity contribution < 1.29 is 14.4 Å². The molecule has 2 aromatic carbocycles. The largest absolute Gasteiger partial charge is 0.496 e. The normalized spacial score (nSPS) is 10.5. The number of guanidine groups is 1. The van der Waals surface area contributed by atoms with E-state index in [9.17, 15) is 10.1 Å². The van der Waals surface area contributed by atoms with Gasteiger partial charge in [-0.25, -0.2) is 0 Å². The Hall–Kier alpha value is -3.62. The van der Waals surface area contributed by atoms with Crippen LogP contribution >= 0.6 is 0 Å². The van der Waals surface area contributed by atoms with Gasteiger partial charge in [0.2, 0.25) is 5.96 Å². The summed E-state index contributed by atoms with van der Waals surface area (Å²) in [5, 5.41) is 18.2. The van der Waals surface area contributed by atoms with Gasteiger partial charge in [0.15, 0.2) is 0 Å². The van der Waals surface area contributed by atoms with Crippen molar-refractivity contribution in [2.75, 3.05) is 7.11 Å². The maximum atomic E-state index is 10.9. The Kier molecular flexibility index (Phi) is 6.10. The van der Waals surface area contributed by atoms with Crippen LogP contribution in [-0.4, -0.2) is 24.2 Å². The number of nitro benzene ring substituents is 1. The molecule has 0 unspecified atom stereocenters. The molecule has 0 aliphatic carbocycles. The molecule has 0 bridgehead atoms. The highest BCUT2D eigenvalue weighted by Gasteiger charge is 2.11. The first-order chi connectivity index (χ1) is 12.4. The molecule has 0 spiro atoms. The van der Waals surface area contributed by atoms with E-state index in [4.69, 9.17) is 20.9 Å². The minimum Gasteiger partial charge on any atom is -0.496 e. The molecular formula is C17H19N5O4. The topological polar surface area (TPSA) is 138 Å². The number of aryl methyl sites for hydroxylation is 1. The molecule has 2 aromatic rings. The zero-order chi connectivity index (χ0) is 19.1. The molecule has 0 heterocycles. The molecule has 9 nitrogen and oxygen atoms in total. The van der Waals surface area contributed by atoms with E-state index in [0.717, 1.165) is 11.1 Å². The van der Waals surface area contributed by atoms with E-state index in [1.165, 1.54) is 12.3 Å². The Labute approximate surface area is 150 Å². The van der Waals surface area contributed by atoms with E-state index in [0.29, 0.717) is 17.1 Å². The first-order valence-corrected chi connectivity index (χ1v) is 7.57. The lowest BCUT2D eigenvalue weighted by atomic mass is 10.1. The van der Waals surface area contributed by atoms with Gasteiger partial charge >= 0.3 is 0 Å². The van der Waals surface area contributed by atoms with E-state index in [1.54, 1.807) is 38.3 Å². The highest BCUT2D eigenvalue weighted by Crippen LogP contribution is 2.25. The van der Waals surface area contributed by atoms with Crippen LogP contribution in [-0.2, 0) is 6.61 Å². The van der Waals surface area contributed by atoms with Crippen LogP contribution < -0.4 is 20.9 Å². The lowest BCUT2D eigenvalue weighted by Crippen LogP contribution is -2.21. The van der Waals surface area contributed by atoms with Gasteiger partial charge in [-0.3, -0.25) is 10.1 Å². The zero-order valence-corrected chi connectivity index (χ0v) is 14.4. The number of hydrogen-bond donors (Lipinski definition) is 2. The van der Waals surface area contributed by atoms with Gasteiger partial charge in [0.05, 0.1) is 18.2 Å². The summed E-state index contributed by atoms with van der Waals surface area (Å²) in [5.74, 6) is 1.03. The quantitative estimate of drug-likeness (QED) is 0.337. The average Bonchev–Trinajstić information content (AvgIpc) is 2.59. The fourth-order valence-electron chi connectivity index (χ4n) is 2.24. The number of rotatable bonds is 7. The zero-order valence-electron chi connectivity index (χ0n) is 14.4. The van der Waals surface area contributed by atoms with Crippen molar-refractivity contribution in [1.29, 1.82) is 0 Å². The molecule has 0 aromatic heterocycles. The van der Waals surface area contributed by atoms with Gasteiger partial charge in [-0.05, 0) is 42.8 Å². The molecule has 9 heteroatoms. The molecule has 0 saturated carbocycles. The van der Waals surface area contributed by atoms with Crippen molar-refractivity contribution in [2.45, 2.75) is 13.5 Å². The van der Waals surface area contributed by atoms with Crippen LogP contribution in [0, 0.1) is 17.0 Å². The molecule has 0 radical (unpaired) electrons. The van der Waals surface area contributed by atoms with Crippen molar-refractivity contribution in [3.63, 3.8) is 0 Å². The lowest BCUT2D eigenvalue weighted by molar-refractivity contribution is -0.385. The second-order valence-corrected chi connectivity index (χ2v) is 5.33. The van der Waals surface area contributed by atoms with E-state index >= 15 is 0 Å². The first kappa shape index (κ1) is 18.7. The highest BCUT2D eigenvalue weighted by molar-refractivity contribution is 5.82. The standard InChI is InChI=1S/C17H19N5O4/c1-11-7-14(4-5-15(11)22(23)24)26-10-13-8-12(3-6-16(13)25-2)9-20-21-17(18)19/h3-9H,10H2,1-2H3,(H4,18,19,21). The van der Waals surface area contributed by atoms with E-state index in [1.807, 2.05) is 6.07 Å². The summed E-state index contributed by atoms with van der Waals surface area (Å²) in [5.41, 5.74) is 12.5. The molecular weight excluding hydrogens is 338 g/mol. The minimum atomic E-state index is -0.429. The van der Waals surface area contributed by atoms with Gasteiger partial charge in [0, 0.05) is 17.2 Å². The highest BCUT2D eigenvalue weighted by atomic mass is 16.6. The van der Waals surface area contributed by atoms with Gasteiger partial charge < -0.3 is 20.9 Å². The van der Waals surface area contributed by atoms with E-state index < -0.39 is 4.92 Å². The summed E-state index contributed by atoms with van der Waals surface area (Å²) in [7, 11) is 1.56. The third-order valence-corrected chi connectivity index (χ3v) is 3.44. The monoisotopic (exact) mass is 357 g/mol. The number of benzene rings is 2. The molecule has 2 rings (SSSR count). The molecule has 136 valence electrons. The molecule has 0 fully saturated rings. The maximum Gasteiger partial charge on any atom is 0.272 e. The van der Waals surface area contributed by atoms with Crippen LogP contribution in [0.1, 0.15) is 16.7 Å². The second-order valence-electron chi connectivity index (χ2n) is 5.33. The van der Waals surface area contributed by atoms with Crippen molar-refractivity contribution in [1.82, 2.24) is 0 Å². The van der Waals surface area contributed by atoms with Gasteiger partial charge in [0.25, 0.3) is 5.69 Å². The average molecular weight is 357 g/mol. The summed E-state index contributed by atoms with van der Waals surface area (Å²) in [6, 6.07) is 9.99. The van der Waals surface area contributed by atoms with E-state index in [2.05, 4.69) is 10.2 Å². The van der Waals surface area contributed by atoms with Gasteiger partial charge in [-0.2, -0.15) is 5.10 Å². The van der Waals surface area contributed by atoms with Gasteiger partial charge in [-0.1, -0.05) is 0 Å². The third kappa shape index (κ3) is 4.94. The van der Waals surface area contributed by atoms with Crippen molar-refractivity contribution in [3.05, 3.63) is 63.2 Å². The number of hydrogen-bond acceptors (Lipinski definition) is 6. The molecule has 0 amide bonds. The Bertz CT molecular complexity index is 860. The van der Waals surface area contributed by atoms with Crippen molar-refractivity contribution in [3.8, 4) is 11.5 Å². The number of ether oxygens (including phenoxy) is 2. The van der Waals surface area contributed by atoms with Crippen LogP contribution in [0.15, 0.2) is 46.6 Å². The SMILES string of the molecule is COc1ccc(C=NN=C(N)N)cc1COc1ccc([N+](=O)[O-])c(C)c1. The van der Waals surface area contributed by atoms with Crippen molar-refractivity contribution in [2.24, 2.45) is 21.7 Å². The second kappa shape index (κ2) is 8.47. The summed E-state index contributed by atoms with van der Waals surface area (Å²) in [6.45, 7) is 1.87. The van der Waals surface area contributed by atoms with Crippen LogP contribution in [0.4, 0.5) is 5.69 Å². The number of nitrogens with two attached hydrogens (primary N) is 2. The lowest BCUT2D eigenvalue weighted by Gasteiger charge is -2.11.